The quantitative estimate of drug-likeness (QED) is 0.426. The van der Waals surface area contributed by atoms with Crippen LogP contribution in [0.2, 0.25) is 0 Å². The summed E-state index contributed by atoms with van der Waals surface area (Å²) in [6.07, 6.45) is 5.29. The van der Waals surface area contributed by atoms with Crippen molar-refractivity contribution in [2.75, 3.05) is 20.3 Å². The average molecular weight is 422 g/mol. The number of hydrogen-bond acceptors (Lipinski definition) is 3. The van der Waals surface area contributed by atoms with Crippen LogP contribution in [0.5, 0.6) is 5.75 Å². The molecule has 6 heteroatoms. The highest BCUT2D eigenvalue weighted by atomic mass is 19.2. The van der Waals surface area contributed by atoms with Gasteiger partial charge in [0.1, 0.15) is 11.6 Å². The van der Waals surface area contributed by atoms with Crippen molar-refractivity contribution in [3.63, 3.8) is 0 Å². The van der Waals surface area contributed by atoms with Gasteiger partial charge in [-0.1, -0.05) is 38.3 Å². The molecular formula is C24H29F3O3. The predicted molar refractivity (Wildman–Crippen MR) is 110 cm³/mol. The number of halogens is 3. The Hall–Kier alpha value is -2.05. The summed E-state index contributed by atoms with van der Waals surface area (Å²) in [6, 6.07) is 6.92. The van der Waals surface area contributed by atoms with Gasteiger partial charge in [-0.3, -0.25) is 0 Å². The van der Waals surface area contributed by atoms with E-state index in [2.05, 4.69) is 6.92 Å². The Morgan fingerprint density at radius 2 is 1.77 bits per heavy atom. The smallest absolute Gasteiger partial charge is 0.167 e. The summed E-state index contributed by atoms with van der Waals surface area (Å²) >= 11 is 0. The molecule has 164 valence electrons. The molecular weight excluding hydrogens is 393 g/mol. The number of hydrogen-bond donors (Lipinski definition) is 0. The van der Waals surface area contributed by atoms with Crippen LogP contribution >= 0.6 is 0 Å². The van der Waals surface area contributed by atoms with E-state index in [0.717, 1.165) is 25.3 Å². The van der Waals surface area contributed by atoms with Crippen LogP contribution in [0.4, 0.5) is 13.2 Å². The zero-order chi connectivity index (χ0) is 21.5. The van der Waals surface area contributed by atoms with E-state index in [4.69, 9.17) is 14.2 Å². The van der Waals surface area contributed by atoms with Crippen LogP contribution in [-0.2, 0) is 9.47 Å². The summed E-state index contributed by atoms with van der Waals surface area (Å²) in [5.41, 5.74) is 0.0203. The first-order chi connectivity index (χ1) is 14.5. The first-order valence-corrected chi connectivity index (χ1v) is 10.6. The van der Waals surface area contributed by atoms with Crippen molar-refractivity contribution in [1.82, 2.24) is 0 Å². The molecule has 0 bridgehead atoms. The van der Waals surface area contributed by atoms with Gasteiger partial charge in [-0.05, 0) is 31.4 Å². The highest BCUT2D eigenvalue weighted by molar-refractivity contribution is 5.66. The van der Waals surface area contributed by atoms with Crippen LogP contribution in [0.25, 0.3) is 11.1 Å². The lowest BCUT2D eigenvalue weighted by Gasteiger charge is -2.29. The fourth-order valence-corrected chi connectivity index (χ4v) is 3.75. The van der Waals surface area contributed by atoms with Crippen molar-refractivity contribution in [2.24, 2.45) is 0 Å². The SMILES string of the molecule is CCCCCCOC1CCC(c2ccc(-c3ccc(OC)cc3F)c(F)c2F)OC1. The fraction of sp³-hybridized carbons (Fsp3) is 0.500. The van der Waals surface area contributed by atoms with Crippen LogP contribution in [-0.4, -0.2) is 26.4 Å². The lowest BCUT2D eigenvalue weighted by atomic mass is 9.96. The summed E-state index contributed by atoms with van der Waals surface area (Å²) in [5, 5.41) is 0. The first kappa shape index (κ1) is 22.6. The number of benzene rings is 2. The molecule has 0 spiro atoms. The van der Waals surface area contributed by atoms with Gasteiger partial charge in [-0.2, -0.15) is 0 Å². The first-order valence-electron chi connectivity index (χ1n) is 10.6. The number of ether oxygens (including phenoxy) is 3. The van der Waals surface area contributed by atoms with Gasteiger partial charge in [-0.25, -0.2) is 13.2 Å². The van der Waals surface area contributed by atoms with Gasteiger partial charge in [0.2, 0.25) is 0 Å². The van der Waals surface area contributed by atoms with Crippen molar-refractivity contribution >= 4 is 0 Å². The third-order valence-electron chi connectivity index (χ3n) is 5.51. The molecule has 1 aliphatic heterocycles. The largest absolute Gasteiger partial charge is 0.497 e. The molecule has 0 saturated carbocycles. The van der Waals surface area contributed by atoms with Crippen LogP contribution in [0.1, 0.15) is 57.1 Å². The van der Waals surface area contributed by atoms with Crippen molar-refractivity contribution in [2.45, 2.75) is 57.7 Å². The molecule has 1 saturated heterocycles. The van der Waals surface area contributed by atoms with Crippen molar-refractivity contribution in [3.8, 4) is 16.9 Å². The van der Waals surface area contributed by atoms with Crippen LogP contribution in [0.3, 0.4) is 0 Å². The molecule has 2 unspecified atom stereocenters. The molecule has 0 amide bonds. The molecule has 2 aromatic carbocycles. The van der Waals surface area contributed by atoms with Gasteiger partial charge in [0.25, 0.3) is 0 Å². The number of unbranched alkanes of at least 4 members (excludes halogenated alkanes) is 3. The Bertz CT molecular complexity index is 833. The Morgan fingerprint density at radius 3 is 2.43 bits per heavy atom. The maximum atomic E-state index is 14.8. The Kier molecular flexibility index (Phi) is 8.16. The third kappa shape index (κ3) is 5.35. The van der Waals surface area contributed by atoms with E-state index < -0.39 is 23.6 Å². The molecule has 0 aliphatic carbocycles. The highest BCUT2D eigenvalue weighted by Crippen LogP contribution is 2.36. The van der Waals surface area contributed by atoms with Crippen molar-refractivity contribution in [3.05, 3.63) is 53.3 Å². The van der Waals surface area contributed by atoms with Gasteiger partial charge in [0, 0.05) is 29.4 Å². The second-order valence-corrected chi connectivity index (χ2v) is 7.63. The highest BCUT2D eigenvalue weighted by Gasteiger charge is 2.28. The number of methoxy groups -OCH3 is 1. The van der Waals surface area contributed by atoms with Gasteiger partial charge >= 0.3 is 0 Å². The van der Waals surface area contributed by atoms with E-state index in [-0.39, 0.29) is 22.8 Å². The van der Waals surface area contributed by atoms with Crippen LogP contribution < -0.4 is 4.74 Å². The summed E-state index contributed by atoms with van der Waals surface area (Å²) < 4.78 is 60.4. The summed E-state index contributed by atoms with van der Waals surface area (Å²) in [6.45, 7) is 3.22. The molecule has 0 radical (unpaired) electrons. The Morgan fingerprint density at radius 1 is 0.967 bits per heavy atom. The minimum absolute atomic E-state index is 0.0107. The van der Waals surface area contributed by atoms with Gasteiger partial charge < -0.3 is 14.2 Å². The number of rotatable bonds is 9. The molecule has 1 aliphatic rings. The maximum absolute atomic E-state index is 14.8. The summed E-state index contributed by atoms with van der Waals surface area (Å²) in [7, 11) is 1.41. The predicted octanol–water partition coefficient (Wildman–Crippen LogP) is 6.60. The van der Waals surface area contributed by atoms with E-state index in [1.54, 1.807) is 0 Å². The zero-order valence-electron chi connectivity index (χ0n) is 17.6. The lowest BCUT2D eigenvalue weighted by molar-refractivity contribution is -0.0883. The topological polar surface area (TPSA) is 27.7 Å². The van der Waals surface area contributed by atoms with Gasteiger partial charge in [-0.15, -0.1) is 0 Å². The third-order valence-corrected chi connectivity index (χ3v) is 5.51. The van der Waals surface area contributed by atoms with E-state index in [0.29, 0.717) is 25.4 Å². The minimum Gasteiger partial charge on any atom is -0.497 e. The molecule has 1 heterocycles. The normalized spacial score (nSPS) is 19.1. The lowest BCUT2D eigenvalue weighted by Crippen LogP contribution is -2.28. The van der Waals surface area contributed by atoms with E-state index in [1.807, 2.05) is 0 Å². The van der Waals surface area contributed by atoms with E-state index in [1.165, 1.54) is 44.2 Å². The van der Waals surface area contributed by atoms with Crippen molar-refractivity contribution < 1.29 is 27.4 Å². The molecule has 1 fully saturated rings. The second kappa shape index (κ2) is 10.8. The summed E-state index contributed by atoms with van der Waals surface area (Å²) in [4.78, 5) is 0. The molecule has 2 aromatic rings. The zero-order valence-corrected chi connectivity index (χ0v) is 17.6. The van der Waals surface area contributed by atoms with Gasteiger partial charge in [0.05, 0.1) is 25.9 Å². The monoisotopic (exact) mass is 422 g/mol. The fourth-order valence-electron chi connectivity index (χ4n) is 3.75. The van der Waals surface area contributed by atoms with Gasteiger partial charge in [0.15, 0.2) is 11.6 Å². The van der Waals surface area contributed by atoms with Crippen LogP contribution in [0, 0.1) is 17.5 Å². The molecule has 3 rings (SSSR count). The molecule has 2 atom stereocenters. The Balaban J connectivity index is 1.64. The van der Waals surface area contributed by atoms with Crippen molar-refractivity contribution in [1.29, 1.82) is 0 Å². The second-order valence-electron chi connectivity index (χ2n) is 7.63. The van der Waals surface area contributed by atoms with E-state index >= 15 is 0 Å². The standard InChI is InChI=1S/C24H29F3O3/c1-3-4-5-6-13-29-17-8-12-22(30-15-17)20-11-10-19(23(26)24(20)27)18-9-7-16(28-2)14-21(18)25/h7,9-11,14,17,22H,3-6,8,12-13,15H2,1-2H3. The molecule has 30 heavy (non-hydrogen) atoms. The summed E-state index contributed by atoms with van der Waals surface area (Å²) in [5.74, 6) is -2.43. The van der Waals surface area contributed by atoms with Crippen LogP contribution in [0.15, 0.2) is 30.3 Å². The minimum atomic E-state index is -1.07. The molecule has 0 N–H and O–H groups in total. The molecule has 3 nitrogen and oxygen atoms in total. The molecule has 0 aromatic heterocycles. The maximum Gasteiger partial charge on any atom is 0.167 e. The average Bonchev–Trinajstić information content (AvgIpc) is 2.76. The Labute approximate surface area is 176 Å². The van der Waals surface area contributed by atoms with E-state index in [9.17, 15) is 13.2 Å².